The van der Waals surface area contributed by atoms with Gasteiger partial charge in [0.05, 0.1) is 5.69 Å². The van der Waals surface area contributed by atoms with Crippen LogP contribution >= 0.6 is 11.6 Å². The monoisotopic (exact) mass is 255 g/mol. The van der Waals surface area contributed by atoms with Crippen LogP contribution in [0, 0.1) is 5.82 Å². The van der Waals surface area contributed by atoms with Crippen molar-refractivity contribution in [3.05, 3.63) is 46.9 Å². The molecule has 2 N–H and O–H groups in total. The lowest BCUT2D eigenvalue weighted by Crippen LogP contribution is -1.94. The van der Waals surface area contributed by atoms with Crippen molar-refractivity contribution in [2.45, 2.75) is 0 Å². The normalized spacial score (nSPS) is 10.2. The van der Waals surface area contributed by atoms with Gasteiger partial charge >= 0.3 is 5.97 Å². The van der Waals surface area contributed by atoms with Crippen LogP contribution in [0.4, 0.5) is 16.0 Å². The Labute approximate surface area is 101 Å². The molecule has 0 spiro atoms. The average Bonchev–Trinajstić information content (AvgIpc) is 2.71. The van der Waals surface area contributed by atoms with E-state index in [0.29, 0.717) is 0 Å². The number of furan rings is 1. The van der Waals surface area contributed by atoms with E-state index in [1.165, 1.54) is 24.3 Å². The summed E-state index contributed by atoms with van der Waals surface area (Å²) < 4.78 is 18.3. The Kier molecular flexibility index (Phi) is 3.01. The van der Waals surface area contributed by atoms with Gasteiger partial charge in [-0.25, -0.2) is 9.18 Å². The molecular weight excluding hydrogens is 249 g/mol. The summed E-state index contributed by atoms with van der Waals surface area (Å²) in [6.07, 6.45) is 0. The summed E-state index contributed by atoms with van der Waals surface area (Å²) in [6.45, 7) is 0. The number of anilines is 2. The number of nitrogens with one attached hydrogen (secondary N) is 1. The molecule has 0 atom stereocenters. The third-order valence-corrected chi connectivity index (χ3v) is 2.24. The molecule has 0 unspecified atom stereocenters. The number of halogens is 2. The topological polar surface area (TPSA) is 62.5 Å². The van der Waals surface area contributed by atoms with Gasteiger partial charge in [0.15, 0.2) is 5.88 Å². The minimum Gasteiger partial charge on any atom is -0.475 e. The lowest BCUT2D eigenvalue weighted by Gasteiger charge is -2.04. The Morgan fingerprint density at radius 2 is 2.12 bits per heavy atom. The smallest absolute Gasteiger partial charge is 0.371 e. The fourth-order valence-corrected chi connectivity index (χ4v) is 1.40. The van der Waals surface area contributed by atoms with Gasteiger partial charge in [0.2, 0.25) is 5.76 Å². The summed E-state index contributed by atoms with van der Waals surface area (Å²) in [4.78, 5) is 10.6. The predicted molar refractivity (Wildman–Crippen MR) is 60.4 cm³/mol. The van der Waals surface area contributed by atoms with E-state index in [4.69, 9.17) is 21.1 Å². The third kappa shape index (κ3) is 2.57. The van der Waals surface area contributed by atoms with Gasteiger partial charge in [-0.1, -0.05) is 11.6 Å². The molecule has 0 aliphatic heterocycles. The minimum absolute atomic E-state index is 0.142. The van der Waals surface area contributed by atoms with Crippen molar-refractivity contribution in [2.24, 2.45) is 0 Å². The van der Waals surface area contributed by atoms with Gasteiger partial charge in [-0.05, 0) is 24.3 Å². The molecule has 1 aromatic carbocycles. The third-order valence-electron chi connectivity index (χ3n) is 2.01. The van der Waals surface area contributed by atoms with E-state index in [0.717, 1.165) is 6.07 Å². The predicted octanol–water partition coefficient (Wildman–Crippen LogP) is 3.51. The average molecular weight is 256 g/mol. The molecule has 0 aliphatic carbocycles. The molecule has 0 fully saturated rings. The highest BCUT2D eigenvalue weighted by Gasteiger charge is 2.10. The number of hydrogen-bond acceptors (Lipinski definition) is 3. The summed E-state index contributed by atoms with van der Waals surface area (Å²) in [6, 6.07) is 6.76. The first kappa shape index (κ1) is 11.5. The Bertz CT molecular complexity index is 568. The maximum atomic E-state index is 13.4. The van der Waals surface area contributed by atoms with Crippen LogP contribution in [-0.4, -0.2) is 11.1 Å². The Morgan fingerprint density at radius 1 is 1.35 bits per heavy atom. The lowest BCUT2D eigenvalue weighted by molar-refractivity contribution is 0.0663. The van der Waals surface area contributed by atoms with Crippen molar-refractivity contribution in [1.82, 2.24) is 0 Å². The molecule has 88 valence electrons. The summed E-state index contributed by atoms with van der Waals surface area (Å²) in [5.74, 6) is -1.81. The van der Waals surface area contributed by atoms with Crippen LogP contribution in [0.25, 0.3) is 0 Å². The first-order chi connectivity index (χ1) is 8.06. The van der Waals surface area contributed by atoms with Crippen molar-refractivity contribution in [2.75, 3.05) is 5.32 Å². The van der Waals surface area contributed by atoms with Gasteiger partial charge in [-0.3, -0.25) is 0 Å². The number of carboxylic acids is 1. The van der Waals surface area contributed by atoms with Crippen molar-refractivity contribution in [3.8, 4) is 0 Å². The minimum atomic E-state index is -1.19. The molecular formula is C11H7ClFNO3. The van der Waals surface area contributed by atoms with Crippen LogP contribution in [-0.2, 0) is 0 Å². The molecule has 1 aromatic heterocycles. The number of rotatable bonds is 3. The quantitative estimate of drug-likeness (QED) is 0.881. The molecule has 2 rings (SSSR count). The Morgan fingerprint density at radius 3 is 2.71 bits per heavy atom. The van der Waals surface area contributed by atoms with E-state index in [9.17, 15) is 9.18 Å². The van der Waals surface area contributed by atoms with Crippen LogP contribution in [0.1, 0.15) is 10.6 Å². The summed E-state index contributed by atoms with van der Waals surface area (Å²) in [5.41, 5.74) is 0.153. The zero-order valence-corrected chi connectivity index (χ0v) is 9.16. The van der Waals surface area contributed by atoms with E-state index in [1.54, 1.807) is 0 Å². The van der Waals surface area contributed by atoms with Crippen LogP contribution < -0.4 is 5.32 Å². The van der Waals surface area contributed by atoms with Gasteiger partial charge in [-0.2, -0.15) is 0 Å². The van der Waals surface area contributed by atoms with E-state index < -0.39 is 11.8 Å². The zero-order valence-electron chi connectivity index (χ0n) is 8.41. The maximum absolute atomic E-state index is 13.4. The maximum Gasteiger partial charge on any atom is 0.371 e. The highest BCUT2D eigenvalue weighted by Crippen LogP contribution is 2.24. The number of benzene rings is 1. The van der Waals surface area contributed by atoms with Gasteiger partial charge < -0.3 is 14.8 Å². The SMILES string of the molecule is O=C(O)c1ccc(Nc2ccc(Cl)cc2F)o1. The van der Waals surface area contributed by atoms with Gasteiger partial charge in [-0.15, -0.1) is 0 Å². The van der Waals surface area contributed by atoms with Crippen molar-refractivity contribution in [1.29, 1.82) is 0 Å². The van der Waals surface area contributed by atoms with Crippen molar-refractivity contribution >= 4 is 29.1 Å². The molecule has 17 heavy (non-hydrogen) atoms. The number of carboxylic acid groups (broad SMARTS) is 1. The van der Waals surface area contributed by atoms with Gasteiger partial charge in [0.1, 0.15) is 5.82 Å². The highest BCUT2D eigenvalue weighted by molar-refractivity contribution is 6.30. The molecule has 0 amide bonds. The van der Waals surface area contributed by atoms with Crippen molar-refractivity contribution in [3.63, 3.8) is 0 Å². The molecule has 1 heterocycles. The molecule has 0 saturated carbocycles. The van der Waals surface area contributed by atoms with Gasteiger partial charge in [0.25, 0.3) is 0 Å². The molecule has 2 aromatic rings. The van der Waals surface area contributed by atoms with Crippen molar-refractivity contribution < 1.29 is 18.7 Å². The van der Waals surface area contributed by atoms with E-state index in [-0.39, 0.29) is 22.4 Å². The molecule has 0 saturated heterocycles. The Balaban J connectivity index is 2.22. The Hall–Kier alpha value is -2.01. The first-order valence-corrected chi connectivity index (χ1v) is 4.99. The molecule has 6 heteroatoms. The summed E-state index contributed by atoms with van der Waals surface area (Å²) in [5, 5.41) is 11.5. The second kappa shape index (κ2) is 4.47. The molecule has 0 radical (unpaired) electrons. The molecule has 4 nitrogen and oxygen atoms in total. The molecule has 0 bridgehead atoms. The number of carbonyl (C=O) groups is 1. The number of aromatic carboxylic acids is 1. The van der Waals surface area contributed by atoms with E-state index >= 15 is 0 Å². The highest BCUT2D eigenvalue weighted by atomic mass is 35.5. The number of hydrogen-bond donors (Lipinski definition) is 2. The fourth-order valence-electron chi connectivity index (χ4n) is 1.24. The molecule has 0 aliphatic rings. The summed E-state index contributed by atoms with van der Waals surface area (Å²) >= 11 is 5.60. The first-order valence-electron chi connectivity index (χ1n) is 4.61. The van der Waals surface area contributed by atoms with Crippen LogP contribution in [0.3, 0.4) is 0 Å². The lowest BCUT2D eigenvalue weighted by atomic mass is 10.3. The fraction of sp³-hybridized carbons (Fsp3) is 0. The summed E-state index contributed by atoms with van der Waals surface area (Å²) in [7, 11) is 0. The van der Waals surface area contributed by atoms with Gasteiger partial charge in [0, 0.05) is 11.1 Å². The van der Waals surface area contributed by atoms with Crippen LogP contribution in [0.15, 0.2) is 34.7 Å². The van der Waals surface area contributed by atoms with Crippen LogP contribution in [0.2, 0.25) is 5.02 Å². The second-order valence-corrected chi connectivity index (χ2v) is 3.65. The van der Waals surface area contributed by atoms with Crippen LogP contribution in [0.5, 0.6) is 0 Å². The van der Waals surface area contributed by atoms with E-state index in [2.05, 4.69) is 5.32 Å². The second-order valence-electron chi connectivity index (χ2n) is 3.22. The van der Waals surface area contributed by atoms with E-state index in [1.807, 2.05) is 0 Å². The zero-order chi connectivity index (χ0) is 12.4. The largest absolute Gasteiger partial charge is 0.475 e. The standard InChI is InChI=1S/C11H7ClFNO3/c12-6-1-2-8(7(13)5-6)14-10-4-3-9(17-10)11(15)16/h1-5,14H,(H,15,16).